The van der Waals surface area contributed by atoms with Gasteiger partial charge in [0.05, 0.1) is 16.3 Å². The standard InChI is InChI=1S/C10H6FN3O2/c11-10-9(14(15)16)5-4-8(13-10)7-3-1-2-6-12-7/h1-6H. The first-order valence-corrected chi connectivity index (χ1v) is 4.41. The summed E-state index contributed by atoms with van der Waals surface area (Å²) >= 11 is 0. The predicted molar refractivity (Wildman–Crippen MR) is 54.1 cm³/mol. The van der Waals surface area contributed by atoms with Gasteiger partial charge in [0.25, 0.3) is 5.95 Å². The molecule has 0 amide bonds. The van der Waals surface area contributed by atoms with Crippen molar-refractivity contribution in [3.63, 3.8) is 0 Å². The number of hydrogen-bond donors (Lipinski definition) is 0. The number of halogens is 1. The van der Waals surface area contributed by atoms with E-state index in [1.807, 2.05) is 0 Å². The van der Waals surface area contributed by atoms with Gasteiger partial charge in [-0.1, -0.05) is 6.07 Å². The average Bonchev–Trinajstić information content (AvgIpc) is 2.29. The molecule has 16 heavy (non-hydrogen) atoms. The van der Waals surface area contributed by atoms with E-state index in [0.29, 0.717) is 5.69 Å². The largest absolute Gasteiger partial charge is 0.324 e. The van der Waals surface area contributed by atoms with Gasteiger partial charge < -0.3 is 0 Å². The summed E-state index contributed by atoms with van der Waals surface area (Å²) in [4.78, 5) is 17.0. The molecular formula is C10H6FN3O2. The van der Waals surface area contributed by atoms with Crippen LogP contribution in [0.25, 0.3) is 11.4 Å². The van der Waals surface area contributed by atoms with Crippen molar-refractivity contribution in [2.75, 3.05) is 0 Å². The maximum Gasteiger partial charge on any atom is 0.324 e. The molecule has 0 unspecified atom stereocenters. The molecule has 0 bridgehead atoms. The first-order valence-electron chi connectivity index (χ1n) is 4.41. The van der Waals surface area contributed by atoms with Crippen LogP contribution in [0.5, 0.6) is 0 Å². The summed E-state index contributed by atoms with van der Waals surface area (Å²) in [5.74, 6) is -1.10. The van der Waals surface area contributed by atoms with Gasteiger partial charge in [-0.25, -0.2) is 4.98 Å². The Balaban J connectivity index is 2.46. The summed E-state index contributed by atoms with van der Waals surface area (Å²) in [6.07, 6.45) is 1.54. The molecule has 0 aliphatic heterocycles. The van der Waals surface area contributed by atoms with Crippen LogP contribution in [0.3, 0.4) is 0 Å². The average molecular weight is 219 g/mol. The molecule has 0 N–H and O–H groups in total. The van der Waals surface area contributed by atoms with Gasteiger partial charge in [0, 0.05) is 12.3 Å². The normalized spacial score (nSPS) is 10.1. The van der Waals surface area contributed by atoms with Crippen LogP contribution >= 0.6 is 0 Å². The first kappa shape index (κ1) is 10.2. The second kappa shape index (κ2) is 4.01. The highest BCUT2D eigenvalue weighted by Gasteiger charge is 2.16. The van der Waals surface area contributed by atoms with E-state index in [9.17, 15) is 14.5 Å². The Bertz CT molecular complexity index is 531. The molecule has 0 aromatic carbocycles. The predicted octanol–water partition coefficient (Wildman–Crippen LogP) is 2.19. The van der Waals surface area contributed by atoms with Gasteiger partial charge in [0.2, 0.25) is 0 Å². The van der Waals surface area contributed by atoms with Crippen molar-refractivity contribution in [1.29, 1.82) is 0 Å². The molecule has 2 rings (SSSR count). The van der Waals surface area contributed by atoms with Crippen molar-refractivity contribution < 1.29 is 9.31 Å². The Hall–Kier alpha value is -2.37. The Labute approximate surface area is 89.7 Å². The topological polar surface area (TPSA) is 68.9 Å². The smallest absolute Gasteiger partial charge is 0.258 e. The SMILES string of the molecule is O=[N+]([O-])c1ccc(-c2ccccn2)nc1F. The summed E-state index contributed by atoms with van der Waals surface area (Å²) in [5.41, 5.74) is 0.0969. The number of rotatable bonds is 2. The molecular weight excluding hydrogens is 213 g/mol. The highest BCUT2D eigenvalue weighted by atomic mass is 19.1. The van der Waals surface area contributed by atoms with Crippen LogP contribution < -0.4 is 0 Å². The molecule has 2 aromatic heterocycles. The van der Waals surface area contributed by atoms with E-state index < -0.39 is 16.6 Å². The third-order valence-corrected chi connectivity index (χ3v) is 1.95. The van der Waals surface area contributed by atoms with Crippen LogP contribution in [0.15, 0.2) is 36.5 Å². The minimum Gasteiger partial charge on any atom is -0.258 e. The number of hydrogen-bond acceptors (Lipinski definition) is 4. The number of nitrogens with zero attached hydrogens (tertiary/aromatic N) is 3. The molecule has 0 aliphatic rings. The van der Waals surface area contributed by atoms with E-state index in [4.69, 9.17) is 0 Å². The molecule has 0 saturated carbocycles. The fraction of sp³-hybridized carbons (Fsp3) is 0. The fourth-order valence-corrected chi connectivity index (χ4v) is 1.22. The third-order valence-electron chi connectivity index (χ3n) is 1.95. The zero-order valence-electron chi connectivity index (χ0n) is 8.00. The highest BCUT2D eigenvalue weighted by Crippen LogP contribution is 2.20. The van der Waals surface area contributed by atoms with Crippen LogP contribution in [0, 0.1) is 16.1 Å². The van der Waals surface area contributed by atoms with Crippen molar-refractivity contribution in [2.45, 2.75) is 0 Å². The van der Waals surface area contributed by atoms with Crippen molar-refractivity contribution in [1.82, 2.24) is 9.97 Å². The Morgan fingerprint density at radius 3 is 2.56 bits per heavy atom. The quantitative estimate of drug-likeness (QED) is 0.441. The lowest BCUT2D eigenvalue weighted by molar-refractivity contribution is -0.388. The van der Waals surface area contributed by atoms with Crippen LogP contribution in [-0.2, 0) is 0 Å². The van der Waals surface area contributed by atoms with E-state index in [1.165, 1.54) is 12.3 Å². The third kappa shape index (κ3) is 1.85. The Kier molecular flexibility index (Phi) is 2.55. The second-order valence-corrected chi connectivity index (χ2v) is 2.98. The number of nitro groups is 1. The second-order valence-electron chi connectivity index (χ2n) is 2.98. The van der Waals surface area contributed by atoms with Crippen LogP contribution in [0.1, 0.15) is 0 Å². The zero-order valence-corrected chi connectivity index (χ0v) is 8.00. The van der Waals surface area contributed by atoms with Gasteiger partial charge in [-0.05, 0) is 18.2 Å². The molecule has 0 spiro atoms. The maximum atomic E-state index is 13.2. The lowest BCUT2D eigenvalue weighted by Gasteiger charge is -1.99. The van der Waals surface area contributed by atoms with E-state index in [1.54, 1.807) is 18.2 Å². The monoisotopic (exact) mass is 219 g/mol. The molecule has 0 radical (unpaired) electrons. The molecule has 0 atom stereocenters. The summed E-state index contributed by atoms with van der Waals surface area (Å²) < 4.78 is 13.2. The minimum absolute atomic E-state index is 0.267. The van der Waals surface area contributed by atoms with Gasteiger partial charge in [0.1, 0.15) is 0 Å². The fourth-order valence-electron chi connectivity index (χ4n) is 1.22. The van der Waals surface area contributed by atoms with Gasteiger partial charge in [-0.2, -0.15) is 4.39 Å². The summed E-state index contributed by atoms with van der Waals surface area (Å²) in [6, 6.07) is 7.53. The van der Waals surface area contributed by atoms with E-state index in [-0.39, 0.29) is 5.69 Å². The van der Waals surface area contributed by atoms with Crippen molar-refractivity contribution in [2.24, 2.45) is 0 Å². The summed E-state index contributed by atoms with van der Waals surface area (Å²) in [5, 5.41) is 10.4. The maximum absolute atomic E-state index is 13.2. The first-order chi connectivity index (χ1) is 7.68. The zero-order chi connectivity index (χ0) is 11.5. The van der Waals surface area contributed by atoms with Crippen LogP contribution in [-0.4, -0.2) is 14.9 Å². The Morgan fingerprint density at radius 2 is 2.00 bits per heavy atom. The molecule has 80 valence electrons. The Morgan fingerprint density at radius 1 is 1.19 bits per heavy atom. The van der Waals surface area contributed by atoms with Gasteiger partial charge >= 0.3 is 5.69 Å². The highest BCUT2D eigenvalue weighted by molar-refractivity contribution is 5.54. The van der Waals surface area contributed by atoms with E-state index in [0.717, 1.165) is 6.07 Å². The molecule has 6 heteroatoms. The van der Waals surface area contributed by atoms with E-state index >= 15 is 0 Å². The molecule has 0 aliphatic carbocycles. The lowest BCUT2D eigenvalue weighted by Crippen LogP contribution is -1.97. The number of aromatic nitrogens is 2. The van der Waals surface area contributed by atoms with Gasteiger partial charge in [-0.15, -0.1) is 0 Å². The molecule has 2 aromatic rings. The number of pyridine rings is 2. The van der Waals surface area contributed by atoms with Crippen LogP contribution in [0.2, 0.25) is 0 Å². The molecule has 5 nitrogen and oxygen atoms in total. The minimum atomic E-state index is -1.10. The molecule has 0 fully saturated rings. The summed E-state index contributed by atoms with van der Waals surface area (Å²) in [7, 11) is 0. The van der Waals surface area contributed by atoms with Crippen molar-refractivity contribution >= 4 is 5.69 Å². The van der Waals surface area contributed by atoms with E-state index in [2.05, 4.69) is 9.97 Å². The lowest BCUT2D eigenvalue weighted by atomic mass is 10.2. The summed E-state index contributed by atoms with van der Waals surface area (Å²) in [6.45, 7) is 0. The van der Waals surface area contributed by atoms with Gasteiger partial charge in [-0.3, -0.25) is 15.1 Å². The van der Waals surface area contributed by atoms with Crippen molar-refractivity contribution in [3.05, 3.63) is 52.6 Å². The molecule has 0 saturated heterocycles. The van der Waals surface area contributed by atoms with Crippen molar-refractivity contribution in [3.8, 4) is 11.4 Å². The molecule has 2 heterocycles. The van der Waals surface area contributed by atoms with Crippen LogP contribution in [0.4, 0.5) is 10.1 Å². The van der Waals surface area contributed by atoms with Gasteiger partial charge in [0.15, 0.2) is 0 Å².